The highest BCUT2D eigenvalue weighted by Gasteiger charge is 2.13. The second-order valence-corrected chi connectivity index (χ2v) is 6.04. The maximum Gasteiger partial charge on any atom is 0.157 e. The van der Waals surface area contributed by atoms with Gasteiger partial charge in [0.25, 0.3) is 0 Å². The molecule has 0 saturated carbocycles. The van der Waals surface area contributed by atoms with Crippen molar-refractivity contribution in [2.24, 2.45) is 0 Å². The molecule has 0 aliphatic rings. The summed E-state index contributed by atoms with van der Waals surface area (Å²) in [6.07, 6.45) is 3.18. The number of halogens is 1. The molecule has 0 amide bonds. The zero-order valence-corrected chi connectivity index (χ0v) is 15.0. The minimum Gasteiger partial charge on any atom is -0.383 e. The van der Waals surface area contributed by atoms with Gasteiger partial charge in [-0.2, -0.15) is 0 Å². The molecule has 1 N–H and O–H groups in total. The molecule has 0 aliphatic heterocycles. The number of anilines is 2. The van der Waals surface area contributed by atoms with Gasteiger partial charge in [0, 0.05) is 38.7 Å². The van der Waals surface area contributed by atoms with Gasteiger partial charge in [0.15, 0.2) is 11.0 Å². The molecule has 0 radical (unpaired) electrons. The molecule has 2 heterocycles. The van der Waals surface area contributed by atoms with Crippen molar-refractivity contribution in [1.29, 1.82) is 0 Å². The van der Waals surface area contributed by atoms with E-state index in [0.717, 1.165) is 47.9 Å². The minimum absolute atomic E-state index is 0.419. The average molecular weight is 358 g/mol. The van der Waals surface area contributed by atoms with Crippen LogP contribution >= 0.6 is 11.6 Å². The summed E-state index contributed by atoms with van der Waals surface area (Å²) in [6, 6.07) is 12.0. The third-order valence-corrected chi connectivity index (χ3v) is 4.22. The van der Waals surface area contributed by atoms with Crippen molar-refractivity contribution >= 4 is 23.1 Å². The highest BCUT2D eigenvalue weighted by Crippen LogP contribution is 2.28. The summed E-state index contributed by atoms with van der Waals surface area (Å²) < 4.78 is 5.44. The highest BCUT2D eigenvalue weighted by atomic mass is 35.5. The number of rotatable bonds is 7. The molecular formula is C18H20ClN5O. The smallest absolute Gasteiger partial charge is 0.157 e. The van der Waals surface area contributed by atoms with E-state index in [1.54, 1.807) is 0 Å². The average Bonchev–Trinajstić information content (AvgIpc) is 3.11. The Balaban J connectivity index is 1.58. The summed E-state index contributed by atoms with van der Waals surface area (Å²) in [5.74, 6) is 1.66. The normalized spacial score (nSPS) is 10.7. The first-order chi connectivity index (χ1) is 12.2. The second kappa shape index (κ2) is 7.98. The van der Waals surface area contributed by atoms with Crippen LogP contribution in [0.2, 0.25) is 5.15 Å². The third-order valence-electron chi connectivity index (χ3n) is 3.94. The number of hydrogen-bond donors (Lipinski definition) is 1. The van der Waals surface area contributed by atoms with E-state index < -0.39 is 0 Å². The molecule has 0 spiro atoms. The Bertz CT molecular complexity index is 821. The maximum atomic E-state index is 6.10. The number of nitrogens with zero attached hydrogens (tertiary/aromatic N) is 4. The molecule has 3 aromatic rings. The monoisotopic (exact) mass is 357 g/mol. The molecular weight excluding hydrogens is 338 g/mol. The van der Waals surface area contributed by atoms with Crippen molar-refractivity contribution in [2.75, 3.05) is 30.9 Å². The van der Waals surface area contributed by atoms with Gasteiger partial charge in [0.05, 0.1) is 0 Å². The van der Waals surface area contributed by atoms with E-state index >= 15 is 0 Å². The topological polar surface area (TPSA) is 67.1 Å². The Morgan fingerprint density at radius 2 is 2.00 bits per heavy atom. The van der Waals surface area contributed by atoms with Crippen LogP contribution in [0.3, 0.4) is 0 Å². The fraction of sp³-hybridized carbons (Fsp3) is 0.278. The zero-order valence-electron chi connectivity index (χ0n) is 14.2. The minimum atomic E-state index is 0.419. The van der Waals surface area contributed by atoms with Crippen molar-refractivity contribution in [1.82, 2.24) is 15.1 Å². The molecule has 25 heavy (non-hydrogen) atoms. The van der Waals surface area contributed by atoms with Crippen LogP contribution in [0.4, 0.5) is 11.5 Å². The van der Waals surface area contributed by atoms with Crippen LogP contribution in [-0.4, -0.2) is 35.8 Å². The summed E-state index contributed by atoms with van der Waals surface area (Å²) in [7, 11) is 3.79. The van der Waals surface area contributed by atoms with Gasteiger partial charge >= 0.3 is 0 Å². The van der Waals surface area contributed by atoms with Crippen LogP contribution in [0.15, 0.2) is 47.2 Å². The molecule has 0 unspecified atom stereocenters. The lowest BCUT2D eigenvalue weighted by atomic mass is 10.1. The van der Waals surface area contributed by atoms with Crippen LogP contribution < -0.4 is 10.2 Å². The molecule has 0 bridgehead atoms. The van der Waals surface area contributed by atoms with E-state index in [4.69, 9.17) is 16.1 Å². The standard InChI is InChI=1S/C18H20ClN5O/c1-20-16-17(19)21-12-22-18(16)24(2)10-6-9-14-11-15(23-25-14)13-7-4-3-5-8-13/h3-5,7-8,11-12,20H,6,9-10H2,1-2H3. The van der Waals surface area contributed by atoms with Crippen molar-refractivity contribution < 1.29 is 4.52 Å². The first-order valence-electron chi connectivity index (χ1n) is 8.09. The van der Waals surface area contributed by atoms with E-state index in [2.05, 4.69) is 20.4 Å². The van der Waals surface area contributed by atoms with Gasteiger partial charge < -0.3 is 14.7 Å². The zero-order chi connectivity index (χ0) is 17.6. The lowest BCUT2D eigenvalue weighted by Gasteiger charge is -2.20. The van der Waals surface area contributed by atoms with Gasteiger partial charge in [-0.1, -0.05) is 47.1 Å². The van der Waals surface area contributed by atoms with Gasteiger partial charge in [-0.15, -0.1) is 0 Å². The molecule has 0 fully saturated rings. The largest absolute Gasteiger partial charge is 0.383 e. The SMILES string of the molecule is CNc1c(Cl)ncnc1N(C)CCCc1cc(-c2ccccc2)no1. The summed E-state index contributed by atoms with van der Waals surface area (Å²) in [6.45, 7) is 0.809. The number of hydrogen-bond acceptors (Lipinski definition) is 6. The molecule has 7 heteroatoms. The van der Waals surface area contributed by atoms with Crippen LogP contribution in [0.1, 0.15) is 12.2 Å². The Labute approximate surface area is 151 Å². The fourth-order valence-corrected chi connectivity index (χ4v) is 2.85. The molecule has 0 saturated heterocycles. The summed E-state index contributed by atoms with van der Waals surface area (Å²) >= 11 is 6.10. The van der Waals surface area contributed by atoms with Gasteiger partial charge in [0.2, 0.25) is 0 Å². The fourth-order valence-electron chi connectivity index (χ4n) is 2.63. The van der Waals surface area contributed by atoms with Crippen LogP contribution in [0.5, 0.6) is 0 Å². The quantitative estimate of drug-likeness (QED) is 0.647. The summed E-state index contributed by atoms with van der Waals surface area (Å²) in [5.41, 5.74) is 2.66. The van der Waals surface area contributed by atoms with E-state index in [1.165, 1.54) is 6.33 Å². The van der Waals surface area contributed by atoms with E-state index in [9.17, 15) is 0 Å². The van der Waals surface area contributed by atoms with Crippen molar-refractivity contribution in [3.8, 4) is 11.3 Å². The highest BCUT2D eigenvalue weighted by molar-refractivity contribution is 6.32. The number of nitrogens with one attached hydrogen (secondary N) is 1. The summed E-state index contributed by atoms with van der Waals surface area (Å²) in [4.78, 5) is 10.4. The lowest BCUT2D eigenvalue weighted by Crippen LogP contribution is -2.21. The van der Waals surface area contributed by atoms with Crippen molar-refractivity contribution in [3.63, 3.8) is 0 Å². The molecule has 3 rings (SSSR count). The van der Waals surface area contributed by atoms with E-state index in [0.29, 0.717) is 5.15 Å². The second-order valence-electron chi connectivity index (χ2n) is 5.68. The van der Waals surface area contributed by atoms with Crippen LogP contribution in [0.25, 0.3) is 11.3 Å². The first-order valence-corrected chi connectivity index (χ1v) is 8.47. The molecule has 130 valence electrons. The van der Waals surface area contributed by atoms with Gasteiger partial charge in [0.1, 0.15) is 23.5 Å². The molecule has 0 atom stereocenters. The van der Waals surface area contributed by atoms with Crippen molar-refractivity contribution in [2.45, 2.75) is 12.8 Å². The van der Waals surface area contributed by atoms with Gasteiger partial charge in [-0.25, -0.2) is 9.97 Å². The molecule has 1 aromatic carbocycles. The molecule has 6 nitrogen and oxygen atoms in total. The first kappa shape index (κ1) is 17.2. The molecule has 0 aliphatic carbocycles. The van der Waals surface area contributed by atoms with Crippen LogP contribution in [-0.2, 0) is 6.42 Å². The number of aryl methyl sites for hydroxylation is 1. The third kappa shape index (κ3) is 4.09. The lowest BCUT2D eigenvalue weighted by molar-refractivity contribution is 0.383. The Kier molecular flexibility index (Phi) is 5.50. The van der Waals surface area contributed by atoms with Gasteiger partial charge in [-0.3, -0.25) is 0 Å². The molecule has 2 aromatic heterocycles. The predicted molar refractivity (Wildman–Crippen MR) is 100 cm³/mol. The maximum absolute atomic E-state index is 6.10. The number of aromatic nitrogens is 3. The van der Waals surface area contributed by atoms with E-state index in [-0.39, 0.29) is 0 Å². The van der Waals surface area contributed by atoms with Crippen LogP contribution in [0, 0.1) is 0 Å². The van der Waals surface area contributed by atoms with Crippen molar-refractivity contribution in [3.05, 3.63) is 53.6 Å². The Morgan fingerprint density at radius 1 is 1.20 bits per heavy atom. The number of benzene rings is 1. The Morgan fingerprint density at radius 3 is 2.76 bits per heavy atom. The van der Waals surface area contributed by atoms with E-state index in [1.807, 2.05) is 55.4 Å². The summed E-state index contributed by atoms with van der Waals surface area (Å²) in [5, 5.41) is 7.61. The Hall–Kier alpha value is -2.60. The predicted octanol–water partition coefficient (Wildman–Crippen LogP) is 3.90. The van der Waals surface area contributed by atoms with Gasteiger partial charge in [-0.05, 0) is 6.42 Å².